The number of rotatable bonds is 7. The molecule has 1 fully saturated rings. The molecule has 2 atom stereocenters. The van der Waals surface area contributed by atoms with Crippen LogP contribution in [-0.4, -0.2) is 41.6 Å². The number of aliphatic carboxylic acids is 1. The molecule has 0 bridgehead atoms. The van der Waals surface area contributed by atoms with Gasteiger partial charge in [-0.05, 0) is 29.7 Å². The number of benzene rings is 2. The molecule has 27 heavy (non-hydrogen) atoms. The Balaban J connectivity index is 1.70. The molecule has 142 valence electrons. The maximum atomic E-state index is 12.8. The molecule has 2 aromatic rings. The monoisotopic (exact) mass is 369 g/mol. The van der Waals surface area contributed by atoms with Crippen molar-refractivity contribution in [1.29, 1.82) is 0 Å². The number of piperidine rings is 1. The highest BCUT2D eigenvalue weighted by Crippen LogP contribution is 2.24. The summed E-state index contributed by atoms with van der Waals surface area (Å²) in [5, 5.41) is 9.47. The van der Waals surface area contributed by atoms with Gasteiger partial charge in [-0.25, -0.2) is 0 Å². The lowest BCUT2D eigenvalue weighted by molar-refractivity contribution is -0.159. The molecule has 1 aliphatic heterocycles. The van der Waals surface area contributed by atoms with Crippen LogP contribution in [0.3, 0.4) is 0 Å². The average molecular weight is 369 g/mol. The fourth-order valence-electron chi connectivity index (χ4n) is 3.18. The van der Waals surface area contributed by atoms with Crippen molar-refractivity contribution in [1.82, 2.24) is 4.90 Å². The molecule has 0 saturated carbocycles. The van der Waals surface area contributed by atoms with Crippen LogP contribution in [0.1, 0.15) is 17.5 Å². The van der Waals surface area contributed by atoms with Crippen LogP contribution < -0.4 is 4.74 Å². The largest absolute Gasteiger partial charge is 0.497 e. The summed E-state index contributed by atoms with van der Waals surface area (Å²) in [6, 6.07) is 16.9. The van der Waals surface area contributed by atoms with E-state index in [0.717, 1.165) is 16.9 Å². The number of ether oxygens (including phenoxy) is 2. The second-order valence-corrected chi connectivity index (χ2v) is 6.62. The predicted molar refractivity (Wildman–Crippen MR) is 99.2 cm³/mol. The quantitative estimate of drug-likeness (QED) is 0.812. The lowest BCUT2D eigenvalue weighted by Crippen LogP contribution is -2.50. The molecule has 1 saturated heterocycles. The Hall–Kier alpha value is -2.86. The van der Waals surface area contributed by atoms with Gasteiger partial charge in [0.1, 0.15) is 11.9 Å². The van der Waals surface area contributed by atoms with Crippen LogP contribution in [0.5, 0.6) is 5.75 Å². The number of hydrogen-bond acceptors (Lipinski definition) is 4. The molecule has 1 N–H and O–H groups in total. The van der Waals surface area contributed by atoms with Gasteiger partial charge in [-0.2, -0.15) is 0 Å². The number of carbonyl (C=O) groups is 2. The molecule has 0 aliphatic carbocycles. The van der Waals surface area contributed by atoms with Crippen LogP contribution in [-0.2, 0) is 27.5 Å². The van der Waals surface area contributed by atoms with Gasteiger partial charge in [0.25, 0.3) is 5.91 Å². The van der Waals surface area contributed by atoms with Gasteiger partial charge in [-0.3, -0.25) is 9.59 Å². The summed E-state index contributed by atoms with van der Waals surface area (Å²) in [5.74, 6) is -0.979. The van der Waals surface area contributed by atoms with Gasteiger partial charge in [0, 0.05) is 13.1 Å². The standard InChI is InChI=1S/C21H23NO5/c1-26-18-9-7-15(8-10-18)12-22-13-17(21(24)25)11-19(20(22)23)27-14-16-5-3-2-4-6-16/h2-10,17,19H,11-14H2,1H3,(H,24,25). The molecule has 2 aromatic carbocycles. The Labute approximate surface area is 158 Å². The summed E-state index contributed by atoms with van der Waals surface area (Å²) in [7, 11) is 1.59. The molecule has 0 spiro atoms. The zero-order valence-corrected chi connectivity index (χ0v) is 15.2. The summed E-state index contributed by atoms with van der Waals surface area (Å²) < 4.78 is 10.9. The first-order valence-electron chi connectivity index (χ1n) is 8.87. The Morgan fingerprint density at radius 2 is 1.81 bits per heavy atom. The number of amides is 1. The lowest BCUT2D eigenvalue weighted by Gasteiger charge is -2.35. The van der Waals surface area contributed by atoms with Crippen molar-refractivity contribution in [3.8, 4) is 5.75 Å². The first kappa shape index (κ1) is 18.9. The summed E-state index contributed by atoms with van der Waals surface area (Å²) in [4.78, 5) is 25.9. The van der Waals surface area contributed by atoms with Gasteiger partial charge in [0.2, 0.25) is 0 Å². The fourth-order valence-corrected chi connectivity index (χ4v) is 3.18. The highest BCUT2D eigenvalue weighted by atomic mass is 16.5. The van der Waals surface area contributed by atoms with Crippen LogP contribution in [0, 0.1) is 5.92 Å². The van der Waals surface area contributed by atoms with Gasteiger partial charge in [-0.1, -0.05) is 42.5 Å². The van der Waals surface area contributed by atoms with Crippen molar-refractivity contribution in [2.75, 3.05) is 13.7 Å². The second-order valence-electron chi connectivity index (χ2n) is 6.62. The van der Waals surface area contributed by atoms with Crippen molar-refractivity contribution in [3.63, 3.8) is 0 Å². The minimum absolute atomic E-state index is 0.167. The Bertz CT molecular complexity index is 775. The first-order valence-corrected chi connectivity index (χ1v) is 8.87. The molecule has 0 aromatic heterocycles. The number of carbonyl (C=O) groups excluding carboxylic acids is 1. The Morgan fingerprint density at radius 1 is 1.11 bits per heavy atom. The topological polar surface area (TPSA) is 76.1 Å². The molecule has 6 heteroatoms. The molecule has 0 radical (unpaired) electrons. The van der Waals surface area contributed by atoms with Crippen LogP contribution in [0.15, 0.2) is 54.6 Å². The minimum Gasteiger partial charge on any atom is -0.497 e. The molecule has 3 rings (SSSR count). The van der Waals surface area contributed by atoms with Crippen molar-refractivity contribution >= 4 is 11.9 Å². The third-order valence-electron chi connectivity index (χ3n) is 4.70. The van der Waals surface area contributed by atoms with Gasteiger partial charge >= 0.3 is 5.97 Å². The number of carboxylic acids is 1. The lowest BCUT2D eigenvalue weighted by atomic mass is 9.94. The summed E-state index contributed by atoms with van der Waals surface area (Å²) in [6.07, 6.45) is -0.557. The van der Waals surface area contributed by atoms with E-state index < -0.39 is 18.0 Å². The fraction of sp³-hybridized carbons (Fsp3) is 0.333. The van der Waals surface area contributed by atoms with Crippen LogP contribution >= 0.6 is 0 Å². The number of hydrogen-bond donors (Lipinski definition) is 1. The van der Waals surface area contributed by atoms with E-state index in [0.29, 0.717) is 6.54 Å². The number of likely N-dealkylation sites (tertiary alicyclic amines) is 1. The molecule has 1 amide bonds. The third kappa shape index (κ3) is 4.86. The van der Waals surface area contributed by atoms with E-state index in [9.17, 15) is 14.7 Å². The van der Waals surface area contributed by atoms with E-state index in [1.54, 1.807) is 12.0 Å². The van der Waals surface area contributed by atoms with Gasteiger partial charge < -0.3 is 19.5 Å². The van der Waals surface area contributed by atoms with Crippen LogP contribution in [0.2, 0.25) is 0 Å². The van der Waals surface area contributed by atoms with E-state index in [4.69, 9.17) is 9.47 Å². The van der Waals surface area contributed by atoms with Crippen molar-refractivity contribution < 1.29 is 24.2 Å². The normalized spacial score (nSPS) is 19.7. The number of methoxy groups -OCH3 is 1. The zero-order chi connectivity index (χ0) is 19.2. The first-order chi connectivity index (χ1) is 13.1. The van der Waals surface area contributed by atoms with Gasteiger partial charge in [0.05, 0.1) is 19.6 Å². The molecule has 6 nitrogen and oxygen atoms in total. The maximum Gasteiger partial charge on any atom is 0.308 e. The molecular formula is C21H23NO5. The highest BCUT2D eigenvalue weighted by molar-refractivity contribution is 5.84. The molecule has 1 heterocycles. The smallest absolute Gasteiger partial charge is 0.308 e. The van der Waals surface area contributed by atoms with E-state index in [1.807, 2.05) is 54.6 Å². The van der Waals surface area contributed by atoms with E-state index in [1.165, 1.54) is 0 Å². The second kappa shape index (κ2) is 8.68. The number of nitrogens with zero attached hydrogens (tertiary/aromatic N) is 1. The van der Waals surface area contributed by atoms with E-state index in [2.05, 4.69) is 0 Å². The van der Waals surface area contributed by atoms with Crippen molar-refractivity contribution in [2.24, 2.45) is 5.92 Å². The number of carboxylic acid groups (broad SMARTS) is 1. The molecule has 1 aliphatic rings. The van der Waals surface area contributed by atoms with Crippen molar-refractivity contribution in [2.45, 2.75) is 25.7 Å². The summed E-state index contributed by atoms with van der Waals surface area (Å²) in [5.41, 5.74) is 1.86. The van der Waals surface area contributed by atoms with Gasteiger partial charge in [-0.15, -0.1) is 0 Å². The average Bonchev–Trinajstić information content (AvgIpc) is 2.69. The van der Waals surface area contributed by atoms with Crippen molar-refractivity contribution in [3.05, 3.63) is 65.7 Å². The maximum absolute atomic E-state index is 12.8. The van der Waals surface area contributed by atoms with E-state index in [-0.39, 0.29) is 25.5 Å². The third-order valence-corrected chi connectivity index (χ3v) is 4.70. The van der Waals surface area contributed by atoms with E-state index >= 15 is 0 Å². The zero-order valence-electron chi connectivity index (χ0n) is 15.2. The summed E-state index contributed by atoms with van der Waals surface area (Å²) in [6.45, 7) is 0.809. The highest BCUT2D eigenvalue weighted by Gasteiger charge is 2.38. The minimum atomic E-state index is -0.907. The summed E-state index contributed by atoms with van der Waals surface area (Å²) >= 11 is 0. The molecule has 2 unspecified atom stereocenters. The predicted octanol–water partition coefficient (Wildman–Crippen LogP) is 2.71. The van der Waals surface area contributed by atoms with Gasteiger partial charge in [0.15, 0.2) is 0 Å². The molecular weight excluding hydrogens is 346 g/mol. The Kier molecular flexibility index (Phi) is 6.08. The van der Waals surface area contributed by atoms with Crippen LogP contribution in [0.25, 0.3) is 0 Å². The van der Waals surface area contributed by atoms with Crippen LogP contribution in [0.4, 0.5) is 0 Å². The Morgan fingerprint density at radius 3 is 2.44 bits per heavy atom. The SMILES string of the molecule is COc1ccc(CN2CC(C(=O)O)CC(OCc3ccccc3)C2=O)cc1.